The van der Waals surface area contributed by atoms with Crippen LogP contribution in [0.5, 0.6) is 0 Å². The van der Waals surface area contributed by atoms with Crippen LogP contribution in [0.4, 0.5) is 24.9 Å². The molecule has 3 atom stereocenters. The van der Waals surface area contributed by atoms with Crippen molar-refractivity contribution in [3.8, 4) is 0 Å². The van der Waals surface area contributed by atoms with E-state index in [9.17, 15) is 23.1 Å². The van der Waals surface area contributed by atoms with Gasteiger partial charge in [-0.1, -0.05) is 53.6 Å². The number of aliphatic hydroxyl groups is 1. The number of hydrogen-bond acceptors (Lipinski definition) is 9. The van der Waals surface area contributed by atoms with Crippen molar-refractivity contribution in [3.05, 3.63) is 89.0 Å². The summed E-state index contributed by atoms with van der Waals surface area (Å²) in [7, 11) is 0. The van der Waals surface area contributed by atoms with Crippen molar-refractivity contribution in [2.75, 3.05) is 10.6 Å². The maximum Gasteiger partial charge on any atom is 0.412 e. The molecule has 0 radical (unpaired) electrons. The van der Waals surface area contributed by atoms with Crippen LogP contribution >= 0.6 is 0 Å². The molecule has 1 saturated carbocycles. The predicted octanol–water partition coefficient (Wildman–Crippen LogP) is 4.68. The van der Waals surface area contributed by atoms with Crippen LogP contribution in [0, 0.1) is 0 Å². The normalized spacial score (nSPS) is 21.5. The first-order valence-corrected chi connectivity index (χ1v) is 13.2. The van der Waals surface area contributed by atoms with Crippen LogP contribution in [0.3, 0.4) is 0 Å². The average molecular weight is 580 g/mol. The van der Waals surface area contributed by atoms with Crippen molar-refractivity contribution in [3.63, 3.8) is 0 Å². The van der Waals surface area contributed by atoms with Gasteiger partial charge in [-0.15, -0.1) is 5.10 Å². The second-order valence-corrected chi connectivity index (χ2v) is 9.83. The molecule has 2 aliphatic rings. The molecule has 2 heterocycles. The van der Waals surface area contributed by atoms with Crippen molar-refractivity contribution in [2.24, 2.45) is 9.98 Å². The van der Waals surface area contributed by atoms with E-state index >= 15 is 0 Å². The van der Waals surface area contributed by atoms with E-state index in [1.807, 2.05) is 42.5 Å². The second-order valence-electron chi connectivity index (χ2n) is 9.83. The molecular weight excluding hydrogens is 551 g/mol. The quantitative estimate of drug-likeness (QED) is 0.225. The Morgan fingerprint density at radius 3 is 2.57 bits per heavy atom. The number of carbonyl (C=O) groups is 1. The Kier molecular flexibility index (Phi) is 8.20. The lowest BCUT2D eigenvalue weighted by molar-refractivity contribution is -0.116. The van der Waals surface area contributed by atoms with Gasteiger partial charge in [0.25, 0.3) is 11.8 Å². The van der Waals surface area contributed by atoms with Gasteiger partial charge in [-0.3, -0.25) is 9.79 Å². The number of carbonyl (C=O) groups excluding carboxylic acids is 1. The van der Waals surface area contributed by atoms with Gasteiger partial charge in [0.1, 0.15) is 5.70 Å². The van der Waals surface area contributed by atoms with Gasteiger partial charge >= 0.3 is 12.2 Å². The molecule has 1 aliphatic heterocycles. The minimum atomic E-state index is -4.60. The molecule has 1 amide bonds. The third-order valence-corrected chi connectivity index (χ3v) is 6.92. The number of para-hydroxylation sites is 1. The summed E-state index contributed by atoms with van der Waals surface area (Å²) >= 11 is 0. The molecule has 0 unspecified atom stereocenters. The molecule has 5 rings (SSSR count). The summed E-state index contributed by atoms with van der Waals surface area (Å²) in [5.74, 6) is -0.745. The highest BCUT2D eigenvalue weighted by Gasteiger charge is 2.33. The fourth-order valence-corrected chi connectivity index (χ4v) is 4.73. The third-order valence-electron chi connectivity index (χ3n) is 6.92. The van der Waals surface area contributed by atoms with E-state index in [1.165, 1.54) is 0 Å². The number of anilines is 2. The topological polar surface area (TPSA) is 137 Å². The second kappa shape index (κ2) is 12.0. The summed E-state index contributed by atoms with van der Waals surface area (Å²) in [6.45, 7) is 4.40. The summed E-state index contributed by atoms with van der Waals surface area (Å²) < 4.78 is 46.0. The third kappa shape index (κ3) is 6.25. The fraction of sp³-hybridized carbons (Fsp3) is 0.276. The van der Waals surface area contributed by atoms with Gasteiger partial charge < -0.3 is 25.5 Å². The summed E-state index contributed by atoms with van der Waals surface area (Å²) in [6.07, 6.45) is -3.92. The van der Waals surface area contributed by atoms with Crippen molar-refractivity contribution in [1.82, 2.24) is 15.5 Å². The Labute approximate surface area is 239 Å². The summed E-state index contributed by atoms with van der Waals surface area (Å²) in [6, 6.07) is 15.8. The molecule has 10 nitrogen and oxygen atoms in total. The van der Waals surface area contributed by atoms with Gasteiger partial charge in [-0.2, -0.15) is 13.2 Å². The van der Waals surface area contributed by atoms with E-state index in [0.29, 0.717) is 36.2 Å². The molecule has 0 saturated heterocycles. The number of nitrogens with zero attached hydrogens (tertiary/aromatic N) is 4. The van der Waals surface area contributed by atoms with Gasteiger partial charge in [0.2, 0.25) is 6.17 Å². The minimum absolute atomic E-state index is 0.0898. The number of hydrogen-bond donors (Lipinski definition) is 4. The van der Waals surface area contributed by atoms with Gasteiger partial charge in [-0.05, 0) is 45.0 Å². The van der Waals surface area contributed by atoms with Gasteiger partial charge in [0.05, 0.1) is 29.2 Å². The number of benzodiazepines with no additional fused rings is 1. The zero-order valence-electron chi connectivity index (χ0n) is 22.5. The zero-order valence-corrected chi connectivity index (χ0v) is 22.5. The average Bonchev–Trinajstić information content (AvgIpc) is 3.56. The first-order chi connectivity index (χ1) is 20.1. The van der Waals surface area contributed by atoms with E-state index in [1.54, 1.807) is 12.1 Å². The van der Waals surface area contributed by atoms with E-state index in [0.717, 1.165) is 18.6 Å². The Balaban J connectivity index is 1.49. The van der Waals surface area contributed by atoms with Gasteiger partial charge in [-0.25, -0.2) is 4.99 Å². The number of fused-ring (bicyclic) bond motifs is 1. The number of allylic oxidation sites excluding steroid dienone is 2. The van der Waals surface area contributed by atoms with Crippen molar-refractivity contribution in [1.29, 1.82) is 0 Å². The Bertz CT molecular complexity index is 1560. The van der Waals surface area contributed by atoms with E-state index in [4.69, 9.17) is 4.42 Å². The number of aliphatic hydroxyl groups excluding tert-OH is 1. The molecule has 13 heteroatoms. The largest absolute Gasteiger partial charge is 0.412 e. The lowest BCUT2D eigenvalue weighted by Crippen LogP contribution is -2.35. The number of halogens is 3. The molecule has 4 N–H and O–H groups in total. The first-order valence-electron chi connectivity index (χ1n) is 13.2. The van der Waals surface area contributed by atoms with E-state index in [-0.39, 0.29) is 23.3 Å². The molecule has 0 bridgehead atoms. The van der Waals surface area contributed by atoms with Crippen LogP contribution in [0.25, 0.3) is 5.70 Å². The molecule has 3 aromatic rings. The van der Waals surface area contributed by atoms with Gasteiger partial charge in [0, 0.05) is 16.7 Å². The van der Waals surface area contributed by atoms with E-state index < -0.39 is 36.0 Å². The standard InChI is InChI=1S/C29H28F3N7O3/c1-16(29(30,31)32)15-21(34-20-13-8-14-22(20)40)24(33-2)27-38-39-28(42-27)37-25-26(41)35-19-12-7-6-11-18(19)23(36-25)17-9-4-3-5-10-17/h3-7,9-12,15,20,22,25,34,40H,2,8,13-14H2,1H3,(H,35,41)(H,37,39)/b16-15+,24-21+/t20-,22+,25+/m0/s1. The highest BCUT2D eigenvalue weighted by atomic mass is 19.4. The van der Waals surface area contributed by atoms with Crippen molar-refractivity contribution >= 4 is 35.7 Å². The lowest BCUT2D eigenvalue weighted by atomic mass is 10.0. The summed E-state index contributed by atoms with van der Waals surface area (Å²) in [4.78, 5) is 21.7. The Hall–Kier alpha value is -4.78. The fourth-order valence-electron chi connectivity index (χ4n) is 4.73. The predicted molar refractivity (Wildman–Crippen MR) is 152 cm³/mol. The zero-order chi connectivity index (χ0) is 29.9. The van der Waals surface area contributed by atoms with Crippen LogP contribution in [0.15, 0.2) is 86.3 Å². The molecular formula is C29H28F3N7O3. The Morgan fingerprint density at radius 2 is 1.88 bits per heavy atom. The highest BCUT2D eigenvalue weighted by Crippen LogP contribution is 2.30. The molecule has 1 aromatic heterocycles. The van der Waals surface area contributed by atoms with Crippen LogP contribution in [0.1, 0.15) is 43.2 Å². The smallest absolute Gasteiger partial charge is 0.402 e. The minimum Gasteiger partial charge on any atom is -0.402 e. The van der Waals surface area contributed by atoms with Gasteiger partial charge in [0.15, 0.2) is 0 Å². The maximum atomic E-state index is 13.4. The number of aliphatic imine (C=N–C) groups is 2. The molecule has 0 spiro atoms. The van der Waals surface area contributed by atoms with Crippen LogP contribution < -0.4 is 16.0 Å². The number of amides is 1. The number of benzene rings is 2. The summed E-state index contributed by atoms with van der Waals surface area (Å²) in [5.41, 5.74) is 1.46. The Morgan fingerprint density at radius 1 is 1.14 bits per heavy atom. The number of aromatic nitrogens is 2. The first kappa shape index (κ1) is 28.7. The summed E-state index contributed by atoms with van der Waals surface area (Å²) in [5, 5.41) is 26.7. The van der Waals surface area contributed by atoms with Crippen LogP contribution in [-0.4, -0.2) is 58.1 Å². The maximum absolute atomic E-state index is 13.4. The number of nitrogens with one attached hydrogen (secondary N) is 3. The van der Waals surface area contributed by atoms with Crippen LogP contribution in [-0.2, 0) is 4.79 Å². The SMILES string of the molecule is C=N/C(=C(\C=C(/C)C(F)(F)F)N[C@H]1CCC[C@H]1O)c1nnc(N[C@H]2N=C(c3ccccc3)c3ccccc3NC2=O)o1. The van der Waals surface area contributed by atoms with E-state index in [2.05, 4.69) is 42.9 Å². The number of alkyl halides is 3. The molecule has 1 aliphatic carbocycles. The van der Waals surface area contributed by atoms with Crippen molar-refractivity contribution in [2.45, 2.75) is 50.7 Å². The van der Waals surface area contributed by atoms with Crippen LogP contribution in [0.2, 0.25) is 0 Å². The van der Waals surface area contributed by atoms with Crippen molar-refractivity contribution < 1.29 is 27.5 Å². The molecule has 1 fully saturated rings. The molecule has 218 valence electrons. The molecule has 2 aromatic carbocycles. The molecule has 42 heavy (non-hydrogen) atoms. The number of rotatable bonds is 8. The monoisotopic (exact) mass is 579 g/mol. The lowest BCUT2D eigenvalue weighted by Gasteiger charge is -2.20. The highest BCUT2D eigenvalue weighted by molar-refractivity contribution is 6.19.